The van der Waals surface area contributed by atoms with Gasteiger partial charge < -0.3 is 0 Å². The molecule has 4 rings (SSSR count). The quantitative estimate of drug-likeness (QED) is 0.560. The molecular formula is C25H28N2O4S2. The van der Waals surface area contributed by atoms with Gasteiger partial charge in [-0.05, 0) is 92.6 Å². The highest BCUT2D eigenvalue weighted by atomic mass is 32.2. The van der Waals surface area contributed by atoms with E-state index in [1.165, 1.54) is 4.31 Å². The Morgan fingerprint density at radius 2 is 1.45 bits per heavy atom. The van der Waals surface area contributed by atoms with E-state index in [1.54, 1.807) is 62.4 Å². The van der Waals surface area contributed by atoms with Gasteiger partial charge in [-0.3, -0.25) is 9.03 Å². The van der Waals surface area contributed by atoms with Crippen molar-refractivity contribution in [2.75, 3.05) is 15.6 Å². The molecule has 1 aliphatic rings. The fourth-order valence-corrected chi connectivity index (χ4v) is 7.59. The lowest BCUT2D eigenvalue weighted by atomic mass is 10.0. The Balaban J connectivity index is 1.76. The fourth-order valence-electron chi connectivity index (χ4n) is 4.36. The second kappa shape index (κ2) is 8.50. The largest absolute Gasteiger partial charge is 0.280 e. The lowest BCUT2D eigenvalue weighted by molar-refractivity contribution is 0.586. The van der Waals surface area contributed by atoms with Crippen LogP contribution in [0.2, 0.25) is 0 Å². The Kier molecular flexibility index (Phi) is 6.01. The molecule has 0 unspecified atom stereocenters. The second-order valence-corrected chi connectivity index (χ2v) is 12.0. The maximum absolute atomic E-state index is 13.4. The molecule has 0 amide bonds. The summed E-state index contributed by atoms with van der Waals surface area (Å²) in [6, 6.07) is 15.4. The van der Waals surface area contributed by atoms with E-state index < -0.39 is 20.0 Å². The van der Waals surface area contributed by atoms with Crippen LogP contribution in [0.1, 0.15) is 34.2 Å². The lowest BCUT2D eigenvalue weighted by Crippen LogP contribution is -2.35. The number of benzene rings is 3. The van der Waals surface area contributed by atoms with Crippen LogP contribution in [0.25, 0.3) is 0 Å². The lowest BCUT2D eigenvalue weighted by Gasteiger charge is -2.31. The summed E-state index contributed by atoms with van der Waals surface area (Å²) in [7, 11) is -7.63. The third kappa shape index (κ3) is 4.25. The van der Waals surface area contributed by atoms with E-state index in [0.29, 0.717) is 35.5 Å². The zero-order chi connectivity index (χ0) is 24.0. The van der Waals surface area contributed by atoms with Crippen molar-refractivity contribution in [3.05, 3.63) is 82.4 Å². The molecule has 0 bridgehead atoms. The maximum atomic E-state index is 13.4. The van der Waals surface area contributed by atoms with Gasteiger partial charge in [-0.2, -0.15) is 0 Å². The van der Waals surface area contributed by atoms with Gasteiger partial charge in [0, 0.05) is 6.54 Å². The van der Waals surface area contributed by atoms with Crippen molar-refractivity contribution in [1.29, 1.82) is 0 Å². The van der Waals surface area contributed by atoms with Crippen molar-refractivity contribution in [3.8, 4) is 0 Å². The van der Waals surface area contributed by atoms with Crippen LogP contribution in [0, 0.1) is 27.7 Å². The van der Waals surface area contributed by atoms with E-state index >= 15 is 0 Å². The van der Waals surface area contributed by atoms with Gasteiger partial charge in [0.15, 0.2) is 0 Å². The molecule has 3 aromatic rings. The minimum Gasteiger partial charge on any atom is -0.280 e. The zero-order valence-corrected chi connectivity index (χ0v) is 20.8. The summed E-state index contributed by atoms with van der Waals surface area (Å²) in [5.41, 5.74) is 4.95. The topological polar surface area (TPSA) is 83.6 Å². The van der Waals surface area contributed by atoms with Gasteiger partial charge in [0.2, 0.25) is 0 Å². The van der Waals surface area contributed by atoms with E-state index in [-0.39, 0.29) is 9.79 Å². The number of aryl methyl sites for hydroxylation is 3. The molecule has 0 radical (unpaired) electrons. The van der Waals surface area contributed by atoms with E-state index in [9.17, 15) is 16.8 Å². The number of hydrogen-bond donors (Lipinski definition) is 1. The fraction of sp³-hybridized carbons (Fsp3) is 0.280. The number of anilines is 2. The molecule has 0 aliphatic carbocycles. The molecule has 1 heterocycles. The molecule has 8 heteroatoms. The first-order chi connectivity index (χ1) is 15.5. The van der Waals surface area contributed by atoms with Crippen LogP contribution in [-0.4, -0.2) is 23.4 Å². The number of fused-ring (bicyclic) bond motifs is 1. The summed E-state index contributed by atoms with van der Waals surface area (Å²) < 4.78 is 57.4. The van der Waals surface area contributed by atoms with Gasteiger partial charge in [0.05, 0.1) is 21.2 Å². The van der Waals surface area contributed by atoms with Crippen LogP contribution in [0.15, 0.2) is 64.4 Å². The zero-order valence-electron chi connectivity index (χ0n) is 19.2. The first-order valence-corrected chi connectivity index (χ1v) is 13.8. The number of hydrogen-bond acceptors (Lipinski definition) is 4. The molecule has 3 aromatic carbocycles. The van der Waals surface area contributed by atoms with Crippen molar-refractivity contribution < 1.29 is 16.8 Å². The molecule has 1 aliphatic heterocycles. The third-order valence-corrected chi connectivity index (χ3v) is 9.79. The number of nitrogens with one attached hydrogen (secondary N) is 1. The Hall–Kier alpha value is -2.84. The van der Waals surface area contributed by atoms with Crippen LogP contribution < -0.4 is 9.03 Å². The van der Waals surface area contributed by atoms with Crippen LogP contribution in [0.3, 0.4) is 0 Å². The number of sulfonamides is 2. The molecule has 0 aromatic heterocycles. The minimum absolute atomic E-state index is 0.213. The Morgan fingerprint density at radius 3 is 2.09 bits per heavy atom. The average molecular weight is 485 g/mol. The minimum atomic E-state index is -3.87. The molecule has 0 saturated heterocycles. The standard InChI is InChI=1S/C25H28N2O4S2/c1-17-15-18(2)20(4)25(19(17)3)32(28,29)26-22-13-12-21-9-8-14-27(24(21)16-22)33(30,31)23-10-6-5-7-11-23/h5-7,10-13,15-16,26H,8-9,14H2,1-4H3. The number of rotatable bonds is 5. The van der Waals surface area contributed by atoms with Gasteiger partial charge >= 0.3 is 0 Å². The SMILES string of the molecule is Cc1cc(C)c(C)c(S(=O)(=O)Nc2ccc3c(c2)N(S(=O)(=O)c2ccccc2)CCC3)c1C. The summed E-state index contributed by atoms with van der Waals surface area (Å²) >= 11 is 0. The molecular weight excluding hydrogens is 456 g/mol. The summed E-state index contributed by atoms with van der Waals surface area (Å²) in [6.07, 6.45) is 1.43. The highest BCUT2D eigenvalue weighted by Crippen LogP contribution is 2.35. The van der Waals surface area contributed by atoms with Crippen molar-refractivity contribution in [2.45, 2.75) is 50.3 Å². The van der Waals surface area contributed by atoms with Crippen LogP contribution >= 0.6 is 0 Å². The Labute approximate surface area is 196 Å². The van der Waals surface area contributed by atoms with Crippen molar-refractivity contribution in [2.24, 2.45) is 0 Å². The molecule has 0 spiro atoms. The van der Waals surface area contributed by atoms with Gasteiger partial charge in [0.1, 0.15) is 0 Å². The summed E-state index contributed by atoms with van der Waals surface area (Å²) in [5.74, 6) is 0. The van der Waals surface area contributed by atoms with E-state index in [1.807, 2.05) is 19.9 Å². The Morgan fingerprint density at radius 1 is 0.818 bits per heavy atom. The maximum Gasteiger partial charge on any atom is 0.264 e. The smallest absolute Gasteiger partial charge is 0.264 e. The van der Waals surface area contributed by atoms with Crippen LogP contribution in [-0.2, 0) is 26.5 Å². The normalized spacial score (nSPS) is 14.1. The second-order valence-electron chi connectivity index (χ2n) is 8.53. The van der Waals surface area contributed by atoms with Gasteiger partial charge in [-0.1, -0.05) is 30.3 Å². The van der Waals surface area contributed by atoms with Crippen molar-refractivity contribution in [3.63, 3.8) is 0 Å². The first kappa shape index (κ1) is 23.3. The average Bonchev–Trinajstić information content (AvgIpc) is 2.77. The third-order valence-electron chi connectivity index (χ3n) is 6.31. The highest BCUT2D eigenvalue weighted by Gasteiger charge is 2.30. The number of nitrogens with zero attached hydrogens (tertiary/aromatic N) is 1. The van der Waals surface area contributed by atoms with Crippen molar-refractivity contribution in [1.82, 2.24) is 0 Å². The molecule has 0 fully saturated rings. The molecule has 6 nitrogen and oxygen atoms in total. The monoisotopic (exact) mass is 484 g/mol. The van der Waals surface area contributed by atoms with Crippen molar-refractivity contribution >= 4 is 31.4 Å². The highest BCUT2D eigenvalue weighted by molar-refractivity contribution is 7.93. The van der Waals surface area contributed by atoms with E-state index in [2.05, 4.69) is 4.72 Å². The predicted octanol–water partition coefficient (Wildman–Crippen LogP) is 4.86. The van der Waals surface area contributed by atoms with Gasteiger partial charge in [0.25, 0.3) is 20.0 Å². The summed E-state index contributed by atoms with van der Waals surface area (Å²) in [6.45, 7) is 7.74. The Bertz CT molecular complexity index is 1400. The predicted molar refractivity (Wildman–Crippen MR) is 132 cm³/mol. The molecule has 174 valence electrons. The van der Waals surface area contributed by atoms with Gasteiger partial charge in [-0.15, -0.1) is 0 Å². The molecule has 0 atom stereocenters. The van der Waals surface area contributed by atoms with Crippen LogP contribution in [0.5, 0.6) is 0 Å². The summed E-state index contributed by atoms with van der Waals surface area (Å²) in [5, 5.41) is 0. The molecule has 33 heavy (non-hydrogen) atoms. The summed E-state index contributed by atoms with van der Waals surface area (Å²) in [4.78, 5) is 0.483. The van der Waals surface area contributed by atoms with E-state index in [4.69, 9.17) is 0 Å². The molecule has 0 saturated carbocycles. The van der Waals surface area contributed by atoms with Crippen LogP contribution in [0.4, 0.5) is 11.4 Å². The van der Waals surface area contributed by atoms with Gasteiger partial charge in [-0.25, -0.2) is 16.8 Å². The molecule has 1 N–H and O–H groups in total. The first-order valence-electron chi connectivity index (χ1n) is 10.8. The van der Waals surface area contributed by atoms with E-state index in [0.717, 1.165) is 23.1 Å².